The number of hydrazine groups is 1. The van der Waals surface area contributed by atoms with Crippen LogP contribution in [-0.4, -0.2) is 6.04 Å². The first kappa shape index (κ1) is 11.4. The maximum atomic E-state index is 8.41. The Hall–Kier alpha value is -0.600. The van der Waals surface area contributed by atoms with E-state index in [1.54, 1.807) is 0 Å². The van der Waals surface area contributed by atoms with Crippen LogP contribution in [0, 0.1) is 0 Å². The molecule has 0 saturated heterocycles. The summed E-state index contributed by atoms with van der Waals surface area (Å²) in [7, 11) is 0. The third-order valence-electron chi connectivity index (χ3n) is 2.17. The fourth-order valence-electron chi connectivity index (χ4n) is 1.29. The summed E-state index contributed by atoms with van der Waals surface area (Å²) in [5.74, 6) is 0. The molecular formula is C9H21N3. The van der Waals surface area contributed by atoms with Crippen molar-refractivity contribution in [1.29, 1.82) is 0 Å². The van der Waals surface area contributed by atoms with Gasteiger partial charge in [0.15, 0.2) is 0 Å². The second-order valence-electron chi connectivity index (χ2n) is 3.21. The first-order chi connectivity index (χ1) is 5.85. The maximum absolute atomic E-state index is 8.41. The Morgan fingerprint density at radius 1 is 1.25 bits per heavy atom. The molecule has 0 saturated carbocycles. The van der Waals surface area contributed by atoms with E-state index in [1.165, 1.54) is 25.7 Å². The van der Waals surface area contributed by atoms with Crippen molar-refractivity contribution >= 4 is 0 Å². The highest BCUT2D eigenvalue weighted by atomic mass is 15.4. The summed E-state index contributed by atoms with van der Waals surface area (Å²) in [6.45, 7) is 4.33. The van der Waals surface area contributed by atoms with Gasteiger partial charge in [-0.25, -0.2) is 0 Å². The summed E-state index contributed by atoms with van der Waals surface area (Å²) in [5, 5.41) is 2.01. The summed E-state index contributed by atoms with van der Waals surface area (Å²) in [4.78, 5) is 0. The Balaban J connectivity index is 3.25. The third-order valence-corrected chi connectivity index (χ3v) is 2.17. The predicted molar refractivity (Wildman–Crippen MR) is 50.3 cm³/mol. The molecule has 1 unspecified atom stereocenters. The van der Waals surface area contributed by atoms with E-state index in [1.807, 2.05) is 5.22 Å². The van der Waals surface area contributed by atoms with Gasteiger partial charge in [0.1, 0.15) is 0 Å². The molecule has 1 atom stereocenters. The molecule has 0 amide bonds. The summed E-state index contributed by atoms with van der Waals surface area (Å²) in [5.41, 5.74) is 11.2. The van der Waals surface area contributed by atoms with Crippen LogP contribution in [0.4, 0.5) is 0 Å². The van der Waals surface area contributed by atoms with Gasteiger partial charge in [-0.2, -0.15) is 10.8 Å². The molecule has 0 aliphatic rings. The van der Waals surface area contributed by atoms with Crippen molar-refractivity contribution in [3.8, 4) is 0 Å². The van der Waals surface area contributed by atoms with Crippen LogP contribution in [0.3, 0.4) is 0 Å². The predicted octanol–water partition coefficient (Wildman–Crippen LogP) is 1.34. The van der Waals surface area contributed by atoms with Gasteiger partial charge in [0.25, 0.3) is 0 Å². The average molecular weight is 171 g/mol. The molecule has 0 rings (SSSR count). The van der Waals surface area contributed by atoms with Crippen molar-refractivity contribution in [2.45, 2.75) is 58.4 Å². The highest BCUT2D eigenvalue weighted by Gasteiger charge is 2.00. The lowest BCUT2D eigenvalue weighted by Gasteiger charge is -2.14. The molecule has 0 spiro atoms. The lowest BCUT2D eigenvalue weighted by molar-refractivity contribution is -0.555. The van der Waals surface area contributed by atoms with Gasteiger partial charge in [-0.05, 0) is 12.8 Å². The normalized spacial score (nSPS) is 12.5. The molecule has 0 radical (unpaired) electrons. The average Bonchev–Trinajstić information content (AvgIpc) is 2.10. The van der Waals surface area contributed by atoms with Crippen LogP contribution in [-0.2, 0) is 0 Å². The number of nitrogens with one attached hydrogen (secondary N) is 2. The standard InChI is InChI=1S/C9H21N3/c1-3-5-6-7-8-9(4-2)11-12-10/h9,12H,3-8H2,1-2H3,(H-,10,11). The van der Waals surface area contributed by atoms with Gasteiger partial charge in [-0.15, -0.1) is 0 Å². The van der Waals surface area contributed by atoms with Crippen molar-refractivity contribution in [3.05, 3.63) is 5.53 Å². The van der Waals surface area contributed by atoms with E-state index in [4.69, 9.17) is 5.53 Å². The summed E-state index contributed by atoms with van der Waals surface area (Å²) in [6.07, 6.45) is 7.36. The van der Waals surface area contributed by atoms with E-state index in [0.29, 0.717) is 6.04 Å². The van der Waals surface area contributed by atoms with Gasteiger partial charge in [0.05, 0.1) is 0 Å². The topological polar surface area (TPSA) is 48.3 Å². The molecular weight excluding hydrogens is 150 g/mol. The second-order valence-corrected chi connectivity index (χ2v) is 3.21. The summed E-state index contributed by atoms with van der Waals surface area (Å²) >= 11 is 0. The number of nitrogens with zero attached hydrogens (tertiary/aromatic N) is 1. The van der Waals surface area contributed by atoms with Crippen LogP contribution in [0.25, 0.3) is 5.53 Å². The minimum absolute atomic E-state index is 0.409. The Kier molecular flexibility index (Phi) is 8.07. The molecule has 0 aromatic carbocycles. The highest BCUT2D eigenvalue weighted by Crippen LogP contribution is 2.06. The van der Waals surface area contributed by atoms with Crippen LogP contribution < -0.4 is 10.6 Å². The molecule has 0 fully saturated rings. The van der Waals surface area contributed by atoms with Crippen LogP contribution in [0.5, 0.6) is 0 Å². The molecule has 0 heterocycles. The minimum atomic E-state index is 0.409. The molecule has 0 aliphatic heterocycles. The molecule has 0 aromatic rings. The largest absolute Gasteiger partial charge is 0.290 e. The van der Waals surface area contributed by atoms with Gasteiger partial charge < -0.3 is 0 Å². The van der Waals surface area contributed by atoms with Crippen LogP contribution >= 0.6 is 0 Å². The number of hydrogen-bond donors (Lipinski definition) is 2. The van der Waals surface area contributed by atoms with Gasteiger partial charge >= 0.3 is 0 Å². The van der Waals surface area contributed by atoms with Gasteiger partial charge in [0.2, 0.25) is 0 Å². The van der Waals surface area contributed by atoms with Crippen LogP contribution in [0.2, 0.25) is 0 Å². The molecule has 2 N–H and O–H groups in total. The third kappa shape index (κ3) is 6.13. The number of hydrogen-bond acceptors (Lipinski definition) is 0. The summed E-state index contributed by atoms with van der Waals surface area (Å²) in [6, 6.07) is 0.409. The number of unbranched alkanes of at least 4 members (excludes halogenated alkanes) is 3. The fraction of sp³-hybridized carbons (Fsp3) is 1.00. The zero-order chi connectivity index (χ0) is 9.23. The SMILES string of the molecule is CCCCCCC(CC)N[NH+]=[N-]. The fourth-order valence-corrected chi connectivity index (χ4v) is 1.29. The van der Waals surface area contributed by atoms with Crippen molar-refractivity contribution < 1.29 is 5.22 Å². The molecule has 0 aliphatic carbocycles. The van der Waals surface area contributed by atoms with Crippen molar-refractivity contribution in [1.82, 2.24) is 5.43 Å². The van der Waals surface area contributed by atoms with Gasteiger partial charge in [0, 0.05) is 6.04 Å². The van der Waals surface area contributed by atoms with E-state index in [0.717, 1.165) is 12.8 Å². The van der Waals surface area contributed by atoms with E-state index in [9.17, 15) is 0 Å². The first-order valence-corrected chi connectivity index (χ1v) is 4.99. The van der Waals surface area contributed by atoms with Crippen LogP contribution in [0.1, 0.15) is 52.4 Å². The van der Waals surface area contributed by atoms with Crippen molar-refractivity contribution in [3.63, 3.8) is 0 Å². The Morgan fingerprint density at radius 2 is 2.00 bits per heavy atom. The molecule has 0 aromatic heterocycles. The Morgan fingerprint density at radius 3 is 2.50 bits per heavy atom. The Bertz CT molecular complexity index is 104. The monoisotopic (exact) mass is 171 g/mol. The van der Waals surface area contributed by atoms with Gasteiger partial charge in [-0.1, -0.05) is 39.5 Å². The summed E-state index contributed by atoms with van der Waals surface area (Å²) < 4.78 is 0. The van der Waals surface area contributed by atoms with E-state index >= 15 is 0 Å². The molecule has 12 heavy (non-hydrogen) atoms. The lowest BCUT2D eigenvalue weighted by Crippen LogP contribution is -2.78. The maximum Gasteiger partial charge on any atom is 0.0112 e. The van der Waals surface area contributed by atoms with Gasteiger partial charge in [-0.3, -0.25) is 5.43 Å². The van der Waals surface area contributed by atoms with Crippen molar-refractivity contribution in [2.24, 2.45) is 0 Å². The molecule has 0 bridgehead atoms. The number of rotatable bonds is 8. The zero-order valence-electron chi connectivity index (χ0n) is 8.27. The first-order valence-electron chi connectivity index (χ1n) is 4.99. The molecule has 3 heteroatoms. The lowest BCUT2D eigenvalue weighted by atomic mass is 10.1. The van der Waals surface area contributed by atoms with Crippen molar-refractivity contribution in [2.75, 3.05) is 0 Å². The molecule has 72 valence electrons. The van der Waals surface area contributed by atoms with Crippen LogP contribution in [0.15, 0.2) is 0 Å². The minimum Gasteiger partial charge on any atom is -0.290 e. The van der Waals surface area contributed by atoms with E-state index < -0.39 is 0 Å². The quantitative estimate of drug-likeness (QED) is 0.323. The zero-order valence-corrected chi connectivity index (χ0v) is 8.27. The van der Waals surface area contributed by atoms with E-state index in [2.05, 4.69) is 19.3 Å². The van der Waals surface area contributed by atoms with E-state index in [-0.39, 0.29) is 0 Å². The smallest absolute Gasteiger partial charge is 0.0112 e. The Labute approximate surface area is 75.4 Å². The molecule has 3 nitrogen and oxygen atoms in total. The second kappa shape index (κ2) is 8.50. The highest BCUT2D eigenvalue weighted by molar-refractivity contribution is 4.58.